The first-order chi connectivity index (χ1) is 20.4. The summed E-state index contributed by atoms with van der Waals surface area (Å²) in [6.45, 7) is 2.81. The number of hydrogen-bond donors (Lipinski definition) is 3. The predicted octanol–water partition coefficient (Wildman–Crippen LogP) is 6.23. The number of carboxylic acids is 1. The van der Waals surface area contributed by atoms with Crippen molar-refractivity contribution >= 4 is 28.7 Å². The summed E-state index contributed by atoms with van der Waals surface area (Å²) in [4.78, 5) is 43.7. The third kappa shape index (κ3) is 6.41. The average molecular weight is 560 g/mol. The van der Waals surface area contributed by atoms with Gasteiger partial charge >= 0.3 is 5.97 Å². The summed E-state index contributed by atoms with van der Waals surface area (Å²) in [5.41, 5.74) is 6.33. The Morgan fingerprint density at radius 1 is 0.762 bits per heavy atom. The number of benzene rings is 4. The molecule has 7 nitrogen and oxygen atoms in total. The van der Waals surface area contributed by atoms with Gasteiger partial charge in [-0.25, -0.2) is 0 Å². The number of amides is 2. The maximum Gasteiger partial charge on any atom is 0.305 e. The molecule has 2 amide bonds. The SMILES string of the molecule is Cc1ccccc1CNC(=O)c1ccccc1-c1ccccc1C(=O)N(CCC(=O)O)CCc1c[nH]c2ccccc12. The molecule has 5 rings (SSSR count). The highest BCUT2D eigenvalue weighted by Crippen LogP contribution is 2.29. The Balaban J connectivity index is 1.42. The fourth-order valence-electron chi connectivity index (χ4n) is 5.21. The Kier molecular flexibility index (Phi) is 8.78. The van der Waals surface area contributed by atoms with Gasteiger partial charge in [0.1, 0.15) is 0 Å². The largest absolute Gasteiger partial charge is 0.481 e. The van der Waals surface area contributed by atoms with Crippen molar-refractivity contribution < 1.29 is 19.5 Å². The van der Waals surface area contributed by atoms with Gasteiger partial charge in [-0.3, -0.25) is 14.4 Å². The summed E-state index contributed by atoms with van der Waals surface area (Å²) in [5.74, 6) is -1.48. The van der Waals surface area contributed by atoms with Gasteiger partial charge in [-0.2, -0.15) is 0 Å². The number of rotatable bonds is 11. The van der Waals surface area contributed by atoms with E-state index in [0.717, 1.165) is 27.6 Å². The number of H-pyrrole nitrogens is 1. The standard InChI is InChI=1S/C35H33N3O4/c1-24-10-2-3-11-25(24)22-37-34(41)30-15-6-4-13-28(30)29-14-5-7-16-31(29)35(42)38(21-19-33(39)40)20-18-26-23-36-32-17-9-8-12-27(26)32/h2-17,23,36H,18-22H2,1H3,(H,37,41)(H,39,40). The highest BCUT2D eigenvalue weighted by molar-refractivity contribution is 6.06. The number of nitrogens with zero attached hydrogens (tertiary/aromatic N) is 1. The van der Waals surface area contributed by atoms with E-state index >= 15 is 0 Å². The van der Waals surface area contributed by atoms with Crippen LogP contribution >= 0.6 is 0 Å². The molecule has 3 N–H and O–H groups in total. The number of para-hydroxylation sites is 1. The summed E-state index contributed by atoms with van der Waals surface area (Å²) < 4.78 is 0. The Labute approximate surface area is 244 Å². The second kappa shape index (κ2) is 13.0. The molecule has 42 heavy (non-hydrogen) atoms. The van der Waals surface area contributed by atoms with E-state index in [1.807, 2.05) is 85.9 Å². The highest BCUT2D eigenvalue weighted by Gasteiger charge is 2.23. The summed E-state index contributed by atoms with van der Waals surface area (Å²) in [6, 6.07) is 30.3. The third-order valence-corrected chi connectivity index (χ3v) is 7.53. The van der Waals surface area contributed by atoms with Gasteiger partial charge in [0.15, 0.2) is 0 Å². The van der Waals surface area contributed by atoms with E-state index in [9.17, 15) is 19.5 Å². The van der Waals surface area contributed by atoms with Gasteiger partial charge in [0.25, 0.3) is 11.8 Å². The monoisotopic (exact) mass is 559 g/mol. The number of carboxylic acid groups (broad SMARTS) is 1. The molecular weight excluding hydrogens is 526 g/mol. The molecule has 1 aromatic heterocycles. The van der Waals surface area contributed by atoms with Crippen LogP contribution in [0.2, 0.25) is 0 Å². The molecule has 1 heterocycles. The molecule has 0 unspecified atom stereocenters. The first-order valence-corrected chi connectivity index (χ1v) is 14.0. The van der Waals surface area contributed by atoms with Crippen LogP contribution in [0.5, 0.6) is 0 Å². The van der Waals surface area contributed by atoms with E-state index in [1.54, 1.807) is 29.2 Å². The van der Waals surface area contributed by atoms with Crippen LogP contribution in [0.3, 0.4) is 0 Å². The smallest absolute Gasteiger partial charge is 0.305 e. The zero-order chi connectivity index (χ0) is 29.5. The van der Waals surface area contributed by atoms with Crippen LogP contribution in [0.4, 0.5) is 0 Å². The Bertz CT molecular complexity index is 1740. The van der Waals surface area contributed by atoms with E-state index in [2.05, 4.69) is 10.3 Å². The summed E-state index contributed by atoms with van der Waals surface area (Å²) in [5, 5.41) is 13.5. The minimum Gasteiger partial charge on any atom is -0.481 e. The van der Waals surface area contributed by atoms with Gasteiger partial charge in [0.05, 0.1) is 6.42 Å². The van der Waals surface area contributed by atoms with Gasteiger partial charge < -0.3 is 20.3 Å². The molecule has 0 fully saturated rings. The maximum absolute atomic E-state index is 14.0. The molecule has 0 radical (unpaired) electrons. The molecule has 0 saturated carbocycles. The molecule has 5 aromatic rings. The van der Waals surface area contributed by atoms with E-state index < -0.39 is 5.97 Å². The lowest BCUT2D eigenvalue weighted by Gasteiger charge is -2.24. The molecule has 212 valence electrons. The van der Waals surface area contributed by atoms with Crippen molar-refractivity contribution in [1.29, 1.82) is 0 Å². The van der Waals surface area contributed by atoms with E-state index in [1.165, 1.54) is 0 Å². The van der Waals surface area contributed by atoms with Gasteiger partial charge in [-0.15, -0.1) is 0 Å². The van der Waals surface area contributed by atoms with Crippen molar-refractivity contribution in [2.75, 3.05) is 13.1 Å². The van der Waals surface area contributed by atoms with Crippen LogP contribution in [0.1, 0.15) is 43.8 Å². The second-order valence-electron chi connectivity index (χ2n) is 10.2. The first kappa shape index (κ1) is 28.4. The summed E-state index contributed by atoms with van der Waals surface area (Å²) >= 11 is 0. The number of carbonyl (C=O) groups is 3. The molecule has 0 spiro atoms. The third-order valence-electron chi connectivity index (χ3n) is 7.53. The van der Waals surface area contributed by atoms with E-state index in [4.69, 9.17) is 0 Å². The Hall–Kier alpha value is -5.17. The minimum atomic E-state index is -0.969. The molecule has 4 aromatic carbocycles. The number of hydrogen-bond acceptors (Lipinski definition) is 3. The average Bonchev–Trinajstić information content (AvgIpc) is 3.43. The van der Waals surface area contributed by atoms with Crippen LogP contribution < -0.4 is 5.32 Å². The van der Waals surface area contributed by atoms with Crippen LogP contribution in [-0.4, -0.2) is 45.9 Å². The first-order valence-electron chi connectivity index (χ1n) is 14.0. The van der Waals surface area contributed by atoms with Crippen molar-refractivity contribution in [3.8, 4) is 11.1 Å². The Morgan fingerprint density at radius 2 is 1.40 bits per heavy atom. The number of fused-ring (bicyclic) bond motifs is 1. The van der Waals surface area contributed by atoms with Crippen molar-refractivity contribution in [3.05, 3.63) is 131 Å². The molecule has 0 aliphatic heterocycles. The maximum atomic E-state index is 14.0. The second-order valence-corrected chi connectivity index (χ2v) is 10.2. The van der Waals surface area contributed by atoms with Crippen LogP contribution in [0.25, 0.3) is 22.0 Å². The van der Waals surface area contributed by atoms with E-state index in [-0.39, 0.29) is 24.8 Å². The van der Waals surface area contributed by atoms with Crippen molar-refractivity contribution in [2.45, 2.75) is 26.3 Å². The normalized spacial score (nSPS) is 10.9. The topological polar surface area (TPSA) is 102 Å². The lowest BCUT2D eigenvalue weighted by atomic mass is 9.94. The quantitative estimate of drug-likeness (QED) is 0.178. The van der Waals surface area contributed by atoms with Crippen molar-refractivity contribution in [1.82, 2.24) is 15.2 Å². The number of carbonyl (C=O) groups excluding carboxylic acids is 2. The molecule has 0 saturated heterocycles. The van der Waals surface area contributed by atoms with Crippen LogP contribution in [0.15, 0.2) is 103 Å². The molecule has 0 aliphatic carbocycles. The van der Waals surface area contributed by atoms with Gasteiger partial charge in [-0.1, -0.05) is 78.9 Å². The number of aryl methyl sites for hydroxylation is 1. The van der Waals surface area contributed by atoms with Crippen LogP contribution in [0, 0.1) is 6.92 Å². The molecule has 7 heteroatoms. The van der Waals surface area contributed by atoms with E-state index in [0.29, 0.717) is 41.8 Å². The lowest BCUT2D eigenvalue weighted by molar-refractivity contribution is -0.137. The zero-order valence-corrected chi connectivity index (χ0v) is 23.5. The lowest BCUT2D eigenvalue weighted by Crippen LogP contribution is -2.35. The summed E-state index contributed by atoms with van der Waals surface area (Å²) in [7, 11) is 0. The van der Waals surface area contributed by atoms with Gasteiger partial charge in [0, 0.05) is 47.9 Å². The Morgan fingerprint density at radius 3 is 2.17 bits per heavy atom. The van der Waals surface area contributed by atoms with Crippen LogP contribution in [-0.2, 0) is 17.8 Å². The van der Waals surface area contributed by atoms with Crippen molar-refractivity contribution in [2.24, 2.45) is 0 Å². The summed E-state index contributed by atoms with van der Waals surface area (Å²) in [6.07, 6.45) is 2.33. The predicted molar refractivity (Wildman–Crippen MR) is 164 cm³/mol. The molecule has 0 aliphatic rings. The van der Waals surface area contributed by atoms with Gasteiger partial charge in [0.2, 0.25) is 0 Å². The number of aliphatic carboxylic acids is 1. The minimum absolute atomic E-state index is 0.0728. The molecular formula is C35H33N3O4. The highest BCUT2D eigenvalue weighted by atomic mass is 16.4. The number of nitrogens with one attached hydrogen (secondary N) is 2. The van der Waals surface area contributed by atoms with Crippen molar-refractivity contribution in [3.63, 3.8) is 0 Å². The fourth-order valence-corrected chi connectivity index (χ4v) is 5.21. The molecule has 0 bridgehead atoms. The zero-order valence-electron chi connectivity index (χ0n) is 23.5. The number of aromatic amines is 1. The fraction of sp³-hybridized carbons (Fsp3) is 0.171. The number of aromatic nitrogens is 1. The van der Waals surface area contributed by atoms with Gasteiger partial charge in [-0.05, 0) is 59.4 Å². The molecule has 0 atom stereocenters.